The van der Waals surface area contributed by atoms with Crippen LogP contribution in [0.1, 0.15) is 42.4 Å². The molecular formula is C18H21N3O2S. The Morgan fingerprint density at radius 1 is 1.33 bits per heavy atom. The number of fused-ring (bicyclic) bond motifs is 1. The van der Waals surface area contributed by atoms with Crippen LogP contribution in [0.2, 0.25) is 0 Å². The molecule has 0 spiro atoms. The Balaban J connectivity index is 2.17. The zero-order valence-corrected chi connectivity index (χ0v) is 14.9. The molecule has 3 rings (SSSR count). The number of aromatic nitrogens is 2. The van der Waals surface area contributed by atoms with E-state index >= 15 is 0 Å². The highest BCUT2D eigenvalue weighted by Crippen LogP contribution is 2.36. The average molecular weight is 343 g/mol. The molecule has 1 N–H and O–H groups in total. The van der Waals surface area contributed by atoms with Crippen molar-refractivity contribution in [3.8, 4) is 0 Å². The lowest BCUT2D eigenvalue weighted by Crippen LogP contribution is -2.33. The van der Waals surface area contributed by atoms with Crippen LogP contribution in [0.4, 0.5) is 5.82 Å². The number of anilines is 1. The molecule has 126 valence electrons. The first-order valence-corrected chi connectivity index (χ1v) is 9.10. The molecule has 2 aromatic rings. The molecule has 0 saturated carbocycles. The molecule has 0 saturated heterocycles. The number of hydrogen-bond donors (Lipinski definition) is 1. The second-order valence-corrected chi connectivity index (χ2v) is 7.09. The van der Waals surface area contributed by atoms with Crippen molar-refractivity contribution in [3.05, 3.63) is 51.3 Å². The number of hydrogen-bond acceptors (Lipinski definition) is 4. The van der Waals surface area contributed by atoms with E-state index in [0.717, 1.165) is 23.3 Å². The van der Waals surface area contributed by atoms with Crippen LogP contribution < -0.4 is 10.9 Å². The minimum absolute atomic E-state index is 0.0663. The van der Waals surface area contributed by atoms with Crippen LogP contribution in [0.3, 0.4) is 0 Å². The molecule has 1 aromatic carbocycles. The molecule has 0 unspecified atom stereocenters. The number of carbonyl (C=O) groups excluding carboxylic acids is 1. The van der Waals surface area contributed by atoms with Gasteiger partial charge in [0.2, 0.25) is 5.91 Å². The lowest BCUT2D eigenvalue weighted by atomic mass is 9.84. The van der Waals surface area contributed by atoms with Gasteiger partial charge in [-0.15, -0.1) is 0 Å². The zero-order valence-electron chi connectivity index (χ0n) is 14.1. The number of aryl methyl sites for hydroxylation is 1. The fourth-order valence-corrected chi connectivity index (χ4v) is 3.92. The third-order valence-electron chi connectivity index (χ3n) is 4.30. The number of thioether (sulfide) groups is 1. The summed E-state index contributed by atoms with van der Waals surface area (Å²) in [5.41, 5.74) is 2.44. The Kier molecular flexibility index (Phi) is 4.76. The van der Waals surface area contributed by atoms with Gasteiger partial charge in [0.05, 0.1) is 5.56 Å². The molecule has 6 heteroatoms. The fraction of sp³-hybridized carbons (Fsp3) is 0.389. The highest BCUT2D eigenvalue weighted by atomic mass is 32.2. The van der Waals surface area contributed by atoms with Crippen LogP contribution in [0.15, 0.2) is 34.2 Å². The van der Waals surface area contributed by atoms with Crippen LogP contribution in [-0.4, -0.2) is 21.2 Å². The Morgan fingerprint density at radius 3 is 2.79 bits per heavy atom. The normalized spacial score (nSPS) is 16.6. The molecule has 0 bridgehead atoms. The number of rotatable bonds is 4. The molecule has 1 aliphatic heterocycles. The maximum absolute atomic E-state index is 12.7. The summed E-state index contributed by atoms with van der Waals surface area (Å²) in [7, 11) is 1.85. The van der Waals surface area contributed by atoms with Gasteiger partial charge < -0.3 is 9.88 Å². The summed E-state index contributed by atoms with van der Waals surface area (Å²) in [6.45, 7) is 4.09. The van der Waals surface area contributed by atoms with Gasteiger partial charge in [-0.25, -0.2) is 0 Å². The summed E-state index contributed by atoms with van der Waals surface area (Å²) in [5.74, 6) is 1.15. The summed E-state index contributed by atoms with van der Waals surface area (Å²) in [5, 5.41) is 3.52. The Labute approximate surface area is 145 Å². The number of carbonyl (C=O) groups is 1. The van der Waals surface area contributed by atoms with Crippen LogP contribution in [0.25, 0.3) is 0 Å². The molecule has 2 heterocycles. The zero-order chi connectivity index (χ0) is 17.3. The molecule has 1 amide bonds. The first kappa shape index (κ1) is 16.8. The summed E-state index contributed by atoms with van der Waals surface area (Å²) >= 11 is 1.54. The van der Waals surface area contributed by atoms with E-state index in [4.69, 9.17) is 0 Å². The topological polar surface area (TPSA) is 64.0 Å². The lowest BCUT2D eigenvalue weighted by Gasteiger charge is -2.28. The average Bonchev–Trinajstić information content (AvgIpc) is 2.56. The van der Waals surface area contributed by atoms with Crippen molar-refractivity contribution in [3.63, 3.8) is 0 Å². The predicted octanol–water partition coefficient (Wildman–Crippen LogP) is 3.06. The van der Waals surface area contributed by atoms with Crippen LogP contribution >= 0.6 is 11.8 Å². The van der Waals surface area contributed by atoms with Gasteiger partial charge >= 0.3 is 0 Å². The van der Waals surface area contributed by atoms with E-state index in [-0.39, 0.29) is 23.8 Å². The molecule has 0 aliphatic carbocycles. The van der Waals surface area contributed by atoms with Crippen molar-refractivity contribution in [1.82, 2.24) is 9.55 Å². The lowest BCUT2D eigenvalue weighted by molar-refractivity contribution is -0.116. The maximum atomic E-state index is 12.7. The number of amides is 1. The number of nitrogens with one attached hydrogen (secondary N) is 1. The Hall–Kier alpha value is -2.08. The number of benzene rings is 1. The van der Waals surface area contributed by atoms with Gasteiger partial charge in [-0.3, -0.25) is 9.59 Å². The number of nitrogens with zero attached hydrogens (tertiary/aromatic N) is 2. The third-order valence-corrected chi connectivity index (χ3v) is 5.54. The smallest absolute Gasteiger partial charge is 0.279 e. The van der Waals surface area contributed by atoms with E-state index in [1.807, 2.05) is 42.8 Å². The van der Waals surface area contributed by atoms with Gasteiger partial charge in [-0.05, 0) is 24.5 Å². The standard InChI is InChI=1S/C18H21N3O2S/c1-4-9-24-18-20-17(23)15-13(12-8-6-5-7-11(12)2)10-14(22)19-16(15)21(18)3/h5-8,13H,4,9-10H2,1-3H3,(H,19,22)/t13-/m0/s1. The fourth-order valence-electron chi connectivity index (χ4n) is 3.10. The van der Waals surface area contributed by atoms with Crippen molar-refractivity contribution >= 4 is 23.5 Å². The van der Waals surface area contributed by atoms with E-state index in [1.54, 1.807) is 0 Å². The van der Waals surface area contributed by atoms with Crippen molar-refractivity contribution < 1.29 is 4.79 Å². The molecule has 0 radical (unpaired) electrons. The molecule has 24 heavy (non-hydrogen) atoms. The van der Waals surface area contributed by atoms with Gasteiger partial charge in [0.15, 0.2) is 5.16 Å². The van der Waals surface area contributed by atoms with Crippen molar-refractivity contribution in [2.45, 2.75) is 37.8 Å². The van der Waals surface area contributed by atoms with E-state index in [1.165, 1.54) is 11.8 Å². The quantitative estimate of drug-likeness (QED) is 0.684. The van der Waals surface area contributed by atoms with Crippen LogP contribution in [0, 0.1) is 6.92 Å². The molecular weight excluding hydrogens is 322 g/mol. The van der Waals surface area contributed by atoms with Crippen molar-refractivity contribution in [1.29, 1.82) is 0 Å². The van der Waals surface area contributed by atoms with Gasteiger partial charge in [0.25, 0.3) is 5.56 Å². The monoisotopic (exact) mass is 343 g/mol. The third kappa shape index (κ3) is 2.98. The predicted molar refractivity (Wildman–Crippen MR) is 96.8 cm³/mol. The van der Waals surface area contributed by atoms with E-state index in [9.17, 15) is 9.59 Å². The molecule has 1 atom stereocenters. The molecule has 1 aromatic heterocycles. The molecule has 0 fully saturated rings. The highest BCUT2D eigenvalue weighted by Gasteiger charge is 2.32. The van der Waals surface area contributed by atoms with E-state index < -0.39 is 0 Å². The second-order valence-electron chi connectivity index (χ2n) is 6.03. The molecule has 5 nitrogen and oxygen atoms in total. The highest BCUT2D eigenvalue weighted by molar-refractivity contribution is 7.99. The van der Waals surface area contributed by atoms with Gasteiger partial charge in [-0.1, -0.05) is 43.0 Å². The van der Waals surface area contributed by atoms with Crippen LogP contribution in [-0.2, 0) is 11.8 Å². The summed E-state index contributed by atoms with van der Waals surface area (Å²) in [6, 6.07) is 7.90. The Morgan fingerprint density at radius 2 is 2.08 bits per heavy atom. The van der Waals surface area contributed by atoms with Gasteiger partial charge in [0, 0.05) is 25.1 Å². The SMILES string of the molecule is CCCSc1nc(=O)c2c(n1C)NC(=O)C[C@H]2c1ccccc1C. The first-order chi connectivity index (χ1) is 11.5. The van der Waals surface area contributed by atoms with Gasteiger partial charge in [-0.2, -0.15) is 4.98 Å². The van der Waals surface area contributed by atoms with Crippen molar-refractivity contribution in [2.75, 3.05) is 11.1 Å². The maximum Gasteiger partial charge on any atom is 0.279 e. The van der Waals surface area contributed by atoms with Crippen molar-refractivity contribution in [2.24, 2.45) is 7.05 Å². The summed E-state index contributed by atoms with van der Waals surface area (Å²) in [4.78, 5) is 29.2. The summed E-state index contributed by atoms with van der Waals surface area (Å²) in [6.07, 6.45) is 1.27. The van der Waals surface area contributed by atoms with E-state index in [0.29, 0.717) is 16.5 Å². The minimum atomic E-state index is -0.244. The van der Waals surface area contributed by atoms with Gasteiger partial charge in [0.1, 0.15) is 5.82 Å². The summed E-state index contributed by atoms with van der Waals surface area (Å²) < 4.78 is 1.83. The van der Waals surface area contributed by atoms with Crippen LogP contribution in [0.5, 0.6) is 0 Å². The largest absolute Gasteiger partial charge is 0.312 e. The Bertz CT molecular complexity index is 845. The van der Waals surface area contributed by atoms with E-state index in [2.05, 4.69) is 17.2 Å². The minimum Gasteiger partial charge on any atom is -0.312 e. The second kappa shape index (κ2) is 6.81. The first-order valence-electron chi connectivity index (χ1n) is 8.12. The molecule has 1 aliphatic rings.